The van der Waals surface area contributed by atoms with Crippen LogP contribution in [-0.2, 0) is 10.0 Å². The SMILES string of the molecule is CC(C)(N)CN1CCN(S(=O)(=O)c2cccc(Cl)c2Cl)CC1.Cl. The normalized spacial score (nSPS) is 17.8. The van der Waals surface area contributed by atoms with Gasteiger partial charge in [0.05, 0.1) is 10.0 Å². The predicted molar refractivity (Wildman–Crippen MR) is 97.2 cm³/mol. The van der Waals surface area contributed by atoms with Crippen LogP contribution in [0.25, 0.3) is 0 Å². The number of nitrogens with zero attached hydrogens (tertiary/aromatic N) is 2. The molecule has 132 valence electrons. The number of benzene rings is 1. The molecule has 5 nitrogen and oxygen atoms in total. The third kappa shape index (κ3) is 5.19. The van der Waals surface area contributed by atoms with Gasteiger partial charge in [-0.3, -0.25) is 4.90 Å². The Hall–Kier alpha value is -0.0800. The van der Waals surface area contributed by atoms with Gasteiger partial charge in [0.15, 0.2) is 0 Å². The van der Waals surface area contributed by atoms with Gasteiger partial charge in [0, 0.05) is 38.3 Å². The molecule has 1 heterocycles. The van der Waals surface area contributed by atoms with Gasteiger partial charge >= 0.3 is 0 Å². The number of rotatable bonds is 4. The van der Waals surface area contributed by atoms with Crippen LogP contribution in [0.1, 0.15) is 13.8 Å². The van der Waals surface area contributed by atoms with Crippen LogP contribution in [0.15, 0.2) is 23.1 Å². The van der Waals surface area contributed by atoms with E-state index in [1.54, 1.807) is 12.1 Å². The Bertz CT molecular complexity index is 639. The first-order valence-electron chi connectivity index (χ1n) is 7.07. The summed E-state index contributed by atoms with van der Waals surface area (Å²) in [6.07, 6.45) is 0. The topological polar surface area (TPSA) is 66.6 Å². The second kappa shape index (κ2) is 7.87. The van der Waals surface area contributed by atoms with Crippen molar-refractivity contribution in [3.8, 4) is 0 Å². The molecule has 0 radical (unpaired) electrons. The van der Waals surface area contributed by atoms with Crippen LogP contribution in [0, 0.1) is 0 Å². The molecular formula is C14H22Cl3N3O2S. The molecule has 1 aromatic rings. The first kappa shape index (κ1) is 21.0. The fraction of sp³-hybridized carbons (Fsp3) is 0.571. The second-order valence-corrected chi connectivity index (χ2v) is 8.91. The molecule has 9 heteroatoms. The van der Waals surface area contributed by atoms with E-state index in [9.17, 15) is 8.42 Å². The monoisotopic (exact) mass is 401 g/mol. The third-order valence-electron chi connectivity index (χ3n) is 3.50. The smallest absolute Gasteiger partial charge is 0.244 e. The molecule has 1 aliphatic rings. The van der Waals surface area contributed by atoms with Gasteiger partial charge in [-0.05, 0) is 26.0 Å². The van der Waals surface area contributed by atoms with Crippen molar-refractivity contribution in [2.24, 2.45) is 5.73 Å². The lowest BCUT2D eigenvalue weighted by Gasteiger charge is -2.37. The largest absolute Gasteiger partial charge is 0.324 e. The van der Waals surface area contributed by atoms with E-state index < -0.39 is 10.0 Å². The zero-order valence-electron chi connectivity index (χ0n) is 13.1. The van der Waals surface area contributed by atoms with E-state index in [-0.39, 0.29) is 32.9 Å². The Morgan fingerprint density at radius 1 is 1.17 bits per heavy atom. The predicted octanol–water partition coefficient (Wildman–Crippen LogP) is 2.46. The van der Waals surface area contributed by atoms with Crippen molar-refractivity contribution in [2.45, 2.75) is 24.3 Å². The van der Waals surface area contributed by atoms with Gasteiger partial charge in [-0.15, -0.1) is 12.4 Å². The van der Waals surface area contributed by atoms with Crippen LogP contribution < -0.4 is 5.73 Å². The molecule has 1 fully saturated rings. The summed E-state index contributed by atoms with van der Waals surface area (Å²) in [5.41, 5.74) is 5.71. The van der Waals surface area contributed by atoms with E-state index in [2.05, 4.69) is 4.90 Å². The number of hydrogen-bond donors (Lipinski definition) is 1. The maximum absolute atomic E-state index is 12.7. The molecule has 1 saturated heterocycles. The van der Waals surface area contributed by atoms with E-state index in [0.29, 0.717) is 26.2 Å². The Labute approximate surface area is 154 Å². The van der Waals surface area contributed by atoms with Gasteiger partial charge in [-0.25, -0.2) is 8.42 Å². The summed E-state index contributed by atoms with van der Waals surface area (Å²) in [7, 11) is -3.62. The Morgan fingerprint density at radius 2 is 1.74 bits per heavy atom. The lowest BCUT2D eigenvalue weighted by atomic mass is 10.1. The molecule has 2 rings (SSSR count). The number of nitrogens with two attached hydrogens (primary N) is 1. The molecule has 0 aliphatic carbocycles. The van der Waals surface area contributed by atoms with Crippen LogP contribution >= 0.6 is 35.6 Å². The quantitative estimate of drug-likeness (QED) is 0.840. The molecule has 0 spiro atoms. The van der Waals surface area contributed by atoms with Crippen LogP contribution in [0.4, 0.5) is 0 Å². The van der Waals surface area contributed by atoms with E-state index in [1.807, 2.05) is 13.8 Å². The Balaban J connectivity index is 0.00000264. The van der Waals surface area contributed by atoms with Gasteiger partial charge in [0.25, 0.3) is 0 Å². The summed E-state index contributed by atoms with van der Waals surface area (Å²) >= 11 is 12.0. The van der Waals surface area contributed by atoms with E-state index in [1.165, 1.54) is 10.4 Å². The highest BCUT2D eigenvalue weighted by Gasteiger charge is 2.31. The van der Waals surface area contributed by atoms with Gasteiger partial charge in [0.1, 0.15) is 4.90 Å². The van der Waals surface area contributed by atoms with Crippen molar-refractivity contribution >= 4 is 45.6 Å². The average Bonchev–Trinajstić information content (AvgIpc) is 2.40. The van der Waals surface area contributed by atoms with E-state index in [4.69, 9.17) is 28.9 Å². The van der Waals surface area contributed by atoms with Gasteiger partial charge in [-0.2, -0.15) is 4.31 Å². The standard InChI is InChI=1S/C14H21Cl2N3O2S.ClH/c1-14(2,17)10-18-6-8-19(9-7-18)22(20,21)12-5-3-4-11(15)13(12)16;/h3-5H,6-10,17H2,1-2H3;1H. The molecule has 0 amide bonds. The number of halogens is 3. The van der Waals surface area contributed by atoms with Gasteiger partial charge in [-0.1, -0.05) is 29.3 Å². The lowest BCUT2D eigenvalue weighted by Crippen LogP contribution is -2.54. The summed E-state index contributed by atoms with van der Waals surface area (Å²) < 4.78 is 26.8. The molecular weight excluding hydrogens is 381 g/mol. The molecule has 1 aliphatic heterocycles. The second-order valence-electron chi connectivity index (χ2n) is 6.22. The fourth-order valence-corrected chi connectivity index (χ4v) is 4.68. The first-order chi connectivity index (χ1) is 10.1. The zero-order valence-corrected chi connectivity index (χ0v) is 16.3. The van der Waals surface area contributed by atoms with Gasteiger partial charge in [0.2, 0.25) is 10.0 Å². The highest BCUT2D eigenvalue weighted by atomic mass is 35.5. The highest BCUT2D eigenvalue weighted by molar-refractivity contribution is 7.89. The van der Waals surface area contributed by atoms with E-state index >= 15 is 0 Å². The minimum atomic E-state index is -3.62. The van der Waals surface area contributed by atoms with Crippen LogP contribution in [0.2, 0.25) is 10.0 Å². The van der Waals surface area contributed by atoms with Crippen LogP contribution in [0.3, 0.4) is 0 Å². The molecule has 0 saturated carbocycles. The number of sulfonamides is 1. The molecule has 0 aromatic heterocycles. The molecule has 1 aromatic carbocycles. The minimum Gasteiger partial charge on any atom is -0.324 e. The molecule has 0 bridgehead atoms. The Morgan fingerprint density at radius 3 is 2.26 bits per heavy atom. The van der Waals surface area contributed by atoms with Crippen molar-refractivity contribution in [3.05, 3.63) is 28.2 Å². The van der Waals surface area contributed by atoms with Crippen LogP contribution in [-0.4, -0.2) is 55.9 Å². The maximum atomic E-state index is 12.7. The molecule has 0 unspecified atom stereocenters. The van der Waals surface area contributed by atoms with Crippen molar-refractivity contribution in [1.82, 2.24) is 9.21 Å². The maximum Gasteiger partial charge on any atom is 0.244 e. The van der Waals surface area contributed by atoms with Crippen molar-refractivity contribution < 1.29 is 8.42 Å². The molecule has 0 atom stereocenters. The summed E-state index contributed by atoms with van der Waals surface area (Å²) in [5, 5.41) is 0.320. The number of piperazine rings is 1. The Kier molecular flexibility index (Phi) is 7.17. The molecule has 23 heavy (non-hydrogen) atoms. The van der Waals surface area contributed by atoms with Crippen molar-refractivity contribution in [2.75, 3.05) is 32.7 Å². The summed E-state index contributed by atoms with van der Waals surface area (Å²) in [4.78, 5) is 2.24. The highest BCUT2D eigenvalue weighted by Crippen LogP contribution is 2.31. The first-order valence-corrected chi connectivity index (χ1v) is 9.26. The average molecular weight is 403 g/mol. The van der Waals surface area contributed by atoms with Crippen molar-refractivity contribution in [1.29, 1.82) is 0 Å². The summed E-state index contributed by atoms with van der Waals surface area (Å²) in [6, 6.07) is 4.65. The molecule has 2 N–H and O–H groups in total. The zero-order chi connectivity index (χ0) is 16.5. The minimum absolute atomic E-state index is 0. The summed E-state index contributed by atoms with van der Waals surface area (Å²) in [6.45, 7) is 6.79. The third-order valence-corrected chi connectivity index (χ3v) is 6.37. The lowest BCUT2D eigenvalue weighted by molar-refractivity contribution is 0.162. The van der Waals surface area contributed by atoms with Crippen molar-refractivity contribution in [3.63, 3.8) is 0 Å². The van der Waals surface area contributed by atoms with E-state index in [0.717, 1.165) is 6.54 Å². The van der Waals surface area contributed by atoms with Crippen LogP contribution in [0.5, 0.6) is 0 Å². The fourth-order valence-electron chi connectivity index (χ4n) is 2.53. The number of hydrogen-bond acceptors (Lipinski definition) is 4. The van der Waals surface area contributed by atoms with Gasteiger partial charge < -0.3 is 5.73 Å². The summed E-state index contributed by atoms with van der Waals surface area (Å²) in [5.74, 6) is 0.